The molecule has 18 heavy (non-hydrogen) atoms. The molecule has 1 amide bonds. The summed E-state index contributed by atoms with van der Waals surface area (Å²) in [5.74, 6) is 0.0874. The van der Waals surface area contributed by atoms with Crippen molar-refractivity contribution in [1.29, 1.82) is 0 Å². The highest BCUT2D eigenvalue weighted by molar-refractivity contribution is 5.83. The van der Waals surface area contributed by atoms with Gasteiger partial charge in [-0.3, -0.25) is 4.79 Å². The summed E-state index contributed by atoms with van der Waals surface area (Å²) in [5, 5.41) is 0. The molecule has 0 aliphatic carbocycles. The van der Waals surface area contributed by atoms with Gasteiger partial charge in [0.2, 0.25) is 5.91 Å². The summed E-state index contributed by atoms with van der Waals surface area (Å²) >= 11 is 0. The molecule has 0 radical (unpaired) electrons. The van der Waals surface area contributed by atoms with E-state index < -0.39 is 0 Å². The molecular formula is C14H23N3O. The Morgan fingerprint density at radius 3 is 2.56 bits per heavy atom. The molecule has 0 bridgehead atoms. The van der Waals surface area contributed by atoms with Crippen molar-refractivity contribution >= 4 is 17.3 Å². The van der Waals surface area contributed by atoms with E-state index in [4.69, 9.17) is 5.73 Å². The number of carbonyl (C=O) groups is 1. The SMILES string of the molecule is CCCN(CC(=O)N(C)C)c1cc(C)ccc1N. The highest BCUT2D eigenvalue weighted by Crippen LogP contribution is 2.24. The number of hydrogen-bond donors (Lipinski definition) is 1. The predicted molar refractivity (Wildman–Crippen MR) is 76.8 cm³/mol. The number of nitrogens with two attached hydrogens (primary N) is 1. The highest BCUT2D eigenvalue weighted by Gasteiger charge is 2.14. The average Bonchev–Trinajstić information content (AvgIpc) is 2.31. The molecule has 4 nitrogen and oxygen atoms in total. The van der Waals surface area contributed by atoms with E-state index in [1.165, 1.54) is 0 Å². The van der Waals surface area contributed by atoms with E-state index in [1.807, 2.05) is 30.0 Å². The van der Waals surface area contributed by atoms with Crippen LogP contribution >= 0.6 is 0 Å². The topological polar surface area (TPSA) is 49.6 Å². The zero-order valence-corrected chi connectivity index (χ0v) is 11.7. The van der Waals surface area contributed by atoms with Gasteiger partial charge in [0.25, 0.3) is 0 Å². The lowest BCUT2D eigenvalue weighted by atomic mass is 10.1. The fourth-order valence-electron chi connectivity index (χ4n) is 1.79. The molecule has 0 fully saturated rings. The molecule has 0 unspecified atom stereocenters. The molecule has 0 saturated heterocycles. The number of benzene rings is 1. The Labute approximate surface area is 109 Å². The number of hydrogen-bond acceptors (Lipinski definition) is 3. The van der Waals surface area contributed by atoms with E-state index in [1.54, 1.807) is 19.0 Å². The molecule has 0 atom stereocenters. The van der Waals surface area contributed by atoms with Gasteiger partial charge in [-0.05, 0) is 31.0 Å². The Morgan fingerprint density at radius 1 is 1.33 bits per heavy atom. The molecule has 0 aliphatic heterocycles. The highest BCUT2D eigenvalue weighted by atomic mass is 16.2. The van der Waals surface area contributed by atoms with Crippen molar-refractivity contribution in [3.63, 3.8) is 0 Å². The first kappa shape index (κ1) is 14.4. The molecule has 1 aromatic rings. The van der Waals surface area contributed by atoms with Gasteiger partial charge in [-0.15, -0.1) is 0 Å². The quantitative estimate of drug-likeness (QED) is 0.811. The van der Waals surface area contributed by atoms with Gasteiger partial charge < -0.3 is 15.5 Å². The first-order valence-electron chi connectivity index (χ1n) is 6.27. The van der Waals surface area contributed by atoms with Crippen molar-refractivity contribution < 1.29 is 4.79 Å². The van der Waals surface area contributed by atoms with Crippen LogP contribution in [0.2, 0.25) is 0 Å². The van der Waals surface area contributed by atoms with Crippen LogP contribution in [-0.2, 0) is 4.79 Å². The standard InChI is InChI=1S/C14H23N3O/c1-5-8-17(10-14(18)16(3)4)13-9-11(2)6-7-12(13)15/h6-7,9H,5,8,10,15H2,1-4H3. The molecule has 0 aromatic heterocycles. The molecule has 100 valence electrons. The zero-order valence-electron chi connectivity index (χ0n) is 11.7. The van der Waals surface area contributed by atoms with Crippen LogP contribution in [0, 0.1) is 6.92 Å². The van der Waals surface area contributed by atoms with Crippen molar-refractivity contribution in [2.24, 2.45) is 0 Å². The van der Waals surface area contributed by atoms with E-state index >= 15 is 0 Å². The lowest BCUT2D eigenvalue weighted by molar-refractivity contribution is -0.127. The number of rotatable bonds is 5. The first-order chi connectivity index (χ1) is 8.45. The van der Waals surface area contributed by atoms with Crippen LogP contribution in [0.25, 0.3) is 0 Å². The Bertz CT molecular complexity index is 416. The second-order valence-electron chi connectivity index (χ2n) is 4.77. The summed E-state index contributed by atoms with van der Waals surface area (Å²) in [6.45, 7) is 5.32. The predicted octanol–water partition coefficient (Wildman–Crippen LogP) is 1.88. The van der Waals surface area contributed by atoms with Crippen LogP contribution in [0.5, 0.6) is 0 Å². The van der Waals surface area contributed by atoms with E-state index in [0.29, 0.717) is 6.54 Å². The number of anilines is 2. The van der Waals surface area contributed by atoms with E-state index in [-0.39, 0.29) is 5.91 Å². The maximum atomic E-state index is 11.8. The smallest absolute Gasteiger partial charge is 0.241 e. The van der Waals surface area contributed by atoms with Crippen molar-refractivity contribution in [1.82, 2.24) is 4.90 Å². The van der Waals surface area contributed by atoms with Crippen molar-refractivity contribution in [3.8, 4) is 0 Å². The molecular weight excluding hydrogens is 226 g/mol. The molecule has 1 rings (SSSR count). The van der Waals surface area contributed by atoms with Crippen LogP contribution in [0.15, 0.2) is 18.2 Å². The second-order valence-corrected chi connectivity index (χ2v) is 4.77. The fraction of sp³-hybridized carbons (Fsp3) is 0.500. The Hall–Kier alpha value is -1.71. The normalized spacial score (nSPS) is 10.2. The zero-order chi connectivity index (χ0) is 13.7. The number of aryl methyl sites for hydroxylation is 1. The lowest BCUT2D eigenvalue weighted by Gasteiger charge is -2.26. The third-order valence-corrected chi connectivity index (χ3v) is 2.85. The fourth-order valence-corrected chi connectivity index (χ4v) is 1.79. The summed E-state index contributed by atoms with van der Waals surface area (Å²) in [4.78, 5) is 15.5. The van der Waals surface area contributed by atoms with Crippen LogP contribution in [-0.4, -0.2) is 38.0 Å². The van der Waals surface area contributed by atoms with Gasteiger partial charge in [-0.2, -0.15) is 0 Å². The van der Waals surface area contributed by atoms with Crippen LogP contribution in [0.4, 0.5) is 11.4 Å². The Morgan fingerprint density at radius 2 is 2.00 bits per heavy atom. The minimum Gasteiger partial charge on any atom is -0.397 e. The third-order valence-electron chi connectivity index (χ3n) is 2.85. The molecule has 0 spiro atoms. The van der Waals surface area contributed by atoms with Gasteiger partial charge in [0, 0.05) is 20.6 Å². The van der Waals surface area contributed by atoms with E-state index in [0.717, 1.165) is 29.9 Å². The summed E-state index contributed by atoms with van der Waals surface area (Å²) in [6, 6.07) is 5.91. The van der Waals surface area contributed by atoms with Crippen molar-refractivity contribution in [3.05, 3.63) is 23.8 Å². The van der Waals surface area contributed by atoms with Gasteiger partial charge in [0.15, 0.2) is 0 Å². The van der Waals surface area contributed by atoms with E-state index in [2.05, 4.69) is 6.92 Å². The van der Waals surface area contributed by atoms with Crippen molar-refractivity contribution in [2.45, 2.75) is 20.3 Å². The molecule has 0 heterocycles. The second kappa shape index (κ2) is 6.28. The Balaban J connectivity index is 2.96. The Kier molecular flexibility index (Phi) is 5.01. The summed E-state index contributed by atoms with van der Waals surface area (Å²) in [5.41, 5.74) is 8.83. The van der Waals surface area contributed by atoms with Crippen LogP contribution in [0.3, 0.4) is 0 Å². The number of amides is 1. The van der Waals surface area contributed by atoms with Gasteiger partial charge in [0.1, 0.15) is 0 Å². The number of likely N-dealkylation sites (N-methyl/N-ethyl adjacent to an activating group) is 1. The van der Waals surface area contributed by atoms with Crippen molar-refractivity contribution in [2.75, 3.05) is 37.8 Å². The van der Waals surface area contributed by atoms with Gasteiger partial charge in [0.05, 0.1) is 17.9 Å². The first-order valence-corrected chi connectivity index (χ1v) is 6.27. The number of carbonyl (C=O) groups excluding carboxylic acids is 1. The monoisotopic (exact) mass is 249 g/mol. The maximum Gasteiger partial charge on any atom is 0.241 e. The average molecular weight is 249 g/mol. The largest absolute Gasteiger partial charge is 0.397 e. The molecule has 1 aromatic carbocycles. The molecule has 4 heteroatoms. The molecule has 2 N–H and O–H groups in total. The van der Waals surface area contributed by atoms with E-state index in [9.17, 15) is 4.79 Å². The summed E-state index contributed by atoms with van der Waals surface area (Å²) < 4.78 is 0. The molecule has 0 saturated carbocycles. The van der Waals surface area contributed by atoms with Crippen LogP contribution < -0.4 is 10.6 Å². The number of nitrogen functional groups attached to an aromatic ring is 1. The third kappa shape index (κ3) is 3.65. The van der Waals surface area contributed by atoms with Gasteiger partial charge in [-0.1, -0.05) is 13.0 Å². The lowest BCUT2D eigenvalue weighted by Crippen LogP contribution is -2.37. The molecule has 0 aliphatic rings. The summed E-state index contributed by atoms with van der Waals surface area (Å²) in [7, 11) is 3.54. The van der Waals surface area contributed by atoms with Crippen LogP contribution in [0.1, 0.15) is 18.9 Å². The maximum absolute atomic E-state index is 11.8. The van der Waals surface area contributed by atoms with Gasteiger partial charge >= 0.3 is 0 Å². The van der Waals surface area contributed by atoms with Gasteiger partial charge in [-0.25, -0.2) is 0 Å². The summed E-state index contributed by atoms with van der Waals surface area (Å²) in [6.07, 6.45) is 0.980. The minimum absolute atomic E-state index is 0.0874. The minimum atomic E-state index is 0.0874. The number of nitrogens with zero attached hydrogens (tertiary/aromatic N) is 2.